The van der Waals surface area contributed by atoms with Gasteiger partial charge in [0.15, 0.2) is 0 Å². The smallest absolute Gasteiger partial charge is 0.270 e. The molecule has 0 aliphatic carbocycles. The normalized spacial score (nSPS) is 11.0. The Kier molecular flexibility index (Phi) is 2.69. The Balaban J connectivity index is 2.00. The maximum Gasteiger partial charge on any atom is 0.270 e. The number of hydrogen-bond donors (Lipinski definition) is 1. The monoisotopic (exact) mass is 262 g/mol. The zero-order valence-corrected chi connectivity index (χ0v) is 10.4. The Labute approximate surface area is 106 Å². The van der Waals surface area contributed by atoms with E-state index in [1.807, 2.05) is 6.92 Å². The lowest BCUT2D eigenvalue weighted by atomic mass is 10.3. The van der Waals surface area contributed by atoms with Gasteiger partial charge in [-0.1, -0.05) is 5.16 Å². The topological polar surface area (TPSA) is 91.0 Å². The lowest BCUT2D eigenvalue weighted by Crippen LogP contribution is -1.94. The molecule has 0 unspecified atom stereocenters. The van der Waals surface area contributed by atoms with Crippen LogP contribution in [0.5, 0.6) is 0 Å². The van der Waals surface area contributed by atoms with Crippen LogP contribution in [0.1, 0.15) is 10.7 Å². The van der Waals surface area contributed by atoms with E-state index in [1.54, 1.807) is 18.6 Å². The lowest BCUT2D eigenvalue weighted by molar-refractivity contribution is 0.433. The summed E-state index contributed by atoms with van der Waals surface area (Å²) in [6, 6.07) is 1.78. The van der Waals surface area contributed by atoms with Crippen molar-refractivity contribution in [3.05, 3.63) is 29.3 Å². The highest BCUT2D eigenvalue weighted by atomic mass is 32.1. The molecule has 0 amide bonds. The Morgan fingerprint density at radius 2 is 2.28 bits per heavy atom. The predicted molar refractivity (Wildman–Crippen MR) is 65.7 cm³/mol. The molecule has 7 heteroatoms. The summed E-state index contributed by atoms with van der Waals surface area (Å²) >= 11 is 1.47. The summed E-state index contributed by atoms with van der Waals surface area (Å²) in [6.45, 7) is 2.31. The van der Waals surface area contributed by atoms with Gasteiger partial charge in [-0.25, -0.2) is 4.98 Å². The van der Waals surface area contributed by atoms with E-state index in [-0.39, 0.29) is 0 Å². The first-order valence-electron chi connectivity index (χ1n) is 5.31. The Bertz CT molecular complexity index is 656. The predicted octanol–water partition coefficient (Wildman–Crippen LogP) is 2.22. The molecule has 0 saturated carbocycles. The summed E-state index contributed by atoms with van der Waals surface area (Å²) < 4.78 is 10.2. The molecule has 0 spiro atoms. The summed E-state index contributed by atoms with van der Waals surface area (Å²) in [6.07, 6.45) is 3.13. The maximum atomic E-state index is 5.56. The number of hydrogen-bond acceptors (Lipinski definition) is 7. The molecule has 0 aliphatic heterocycles. The van der Waals surface area contributed by atoms with Crippen molar-refractivity contribution < 1.29 is 8.94 Å². The molecule has 2 N–H and O–H groups in total. The number of nitrogens with two attached hydrogens (primary N) is 1. The first-order chi connectivity index (χ1) is 8.78. The third-order valence-corrected chi connectivity index (χ3v) is 3.58. The van der Waals surface area contributed by atoms with Crippen LogP contribution in [0.3, 0.4) is 0 Å². The van der Waals surface area contributed by atoms with Crippen LogP contribution >= 0.6 is 11.3 Å². The zero-order chi connectivity index (χ0) is 12.5. The second-order valence-electron chi connectivity index (χ2n) is 3.66. The fourth-order valence-corrected chi connectivity index (χ4v) is 2.43. The van der Waals surface area contributed by atoms with E-state index in [1.165, 1.54) is 11.3 Å². The number of rotatable bonds is 3. The van der Waals surface area contributed by atoms with E-state index in [0.29, 0.717) is 18.3 Å². The Morgan fingerprint density at radius 3 is 2.94 bits per heavy atom. The van der Waals surface area contributed by atoms with Gasteiger partial charge in [-0.05, 0) is 13.0 Å². The lowest BCUT2D eigenvalue weighted by Gasteiger charge is -1.86. The van der Waals surface area contributed by atoms with Crippen molar-refractivity contribution in [3.63, 3.8) is 0 Å². The summed E-state index contributed by atoms with van der Waals surface area (Å²) in [7, 11) is 0. The van der Waals surface area contributed by atoms with Gasteiger partial charge in [0, 0.05) is 6.54 Å². The molecule has 0 saturated heterocycles. The summed E-state index contributed by atoms with van der Waals surface area (Å²) in [4.78, 5) is 9.51. The van der Waals surface area contributed by atoms with E-state index < -0.39 is 0 Å². The molecule has 0 aromatic carbocycles. The summed E-state index contributed by atoms with van der Waals surface area (Å²) in [5.74, 6) is 0.960. The molecule has 18 heavy (non-hydrogen) atoms. The first-order valence-corrected chi connectivity index (χ1v) is 6.12. The van der Waals surface area contributed by atoms with Crippen molar-refractivity contribution in [2.75, 3.05) is 0 Å². The van der Waals surface area contributed by atoms with Crippen LogP contribution in [-0.2, 0) is 6.54 Å². The van der Waals surface area contributed by atoms with Crippen molar-refractivity contribution >= 4 is 11.3 Å². The van der Waals surface area contributed by atoms with Crippen molar-refractivity contribution in [1.82, 2.24) is 15.1 Å². The first kappa shape index (κ1) is 11.1. The number of thiazole rings is 1. The van der Waals surface area contributed by atoms with Gasteiger partial charge in [0.2, 0.25) is 5.82 Å². The van der Waals surface area contributed by atoms with Gasteiger partial charge in [0.25, 0.3) is 5.89 Å². The molecule has 92 valence electrons. The van der Waals surface area contributed by atoms with E-state index in [0.717, 1.165) is 21.1 Å². The minimum absolute atomic E-state index is 0.411. The van der Waals surface area contributed by atoms with E-state index in [4.69, 9.17) is 14.7 Å². The van der Waals surface area contributed by atoms with Crippen molar-refractivity contribution in [2.45, 2.75) is 13.5 Å². The van der Waals surface area contributed by atoms with Crippen molar-refractivity contribution in [2.24, 2.45) is 5.73 Å². The zero-order valence-electron chi connectivity index (χ0n) is 9.58. The van der Waals surface area contributed by atoms with Gasteiger partial charge in [-0.3, -0.25) is 0 Å². The van der Waals surface area contributed by atoms with Gasteiger partial charge >= 0.3 is 0 Å². The van der Waals surface area contributed by atoms with Crippen LogP contribution in [0.4, 0.5) is 0 Å². The Hall–Kier alpha value is -1.99. The molecule has 0 radical (unpaired) electrons. The van der Waals surface area contributed by atoms with E-state index in [2.05, 4.69) is 15.1 Å². The molecule has 0 bridgehead atoms. The van der Waals surface area contributed by atoms with Crippen LogP contribution in [0, 0.1) is 6.92 Å². The van der Waals surface area contributed by atoms with E-state index in [9.17, 15) is 0 Å². The average Bonchev–Trinajstić information content (AvgIpc) is 3.08. The van der Waals surface area contributed by atoms with Gasteiger partial charge in [0.05, 0.1) is 17.5 Å². The summed E-state index contributed by atoms with van der Waals surface area (Å²) in [5, 5.41) is 4.77. The highest BCUT2D eigenvalue weighted by molar-refractivity contribution is 7.15. The third kappa shape index (κ3) is 1.83. The number of aryl methyl sites for hydroxylation is 1. The number of aromatic nitrogens is 3. The second kappa shape index (κ2) is 4.35. The Morgan fingerprint density at radius 1 is 1.39 bits per heavy atom. The molecule has 3 heterocycles. The molecule has 6 nitrogen and oxygen atoms in total. The second-order valence-corrected chi connectivity index (χ2v) is 4.75. The SMILES string of the molecule is Cc1nc(CN)sc1-c1nc(-c2ccoc2)no1. The standard InChI is InChI=1S/C11H10N4O2S/c1-6-9(18-8(4-12)13-6)11-14-10(15-17-11)7-2-3-16-5-7/h2-3,5H,4,12H2,1H3. The molecule has 3 aromatic rings. The van der Waals surface area contributed by atoms with Gasteiger partial charge < -0.3 is 14.7 Å². The quantitative estimate of drug-likeness (QED) is 0.778. The summed E-state index contributed by atoms with van der Waals surface area (Å²) in [5.41, 5.74) is 7.19. The molecular weight excluding hydrogens is 252 g/mol. The third-order valence-electron chi connectivity index (χ3n) is 2.42. The van der Waals surface area contributed by atoms with Gasteiger partial charge in [-0.2, -0.15) is 4.98 Å². The molecule has 3 aromatic heterocycles. The van der Waals surface area contributed by atoms with Crippen LogP contribution in [0.15, 0.2) is 27.5 Å². The molecule has 3 rings (SSSR count). The fourth-order valence-electron chi connectivity index (χ4n) is 1.56. The average molecular weight is 262 g/mol. The molecule has 0 atom stereocenters. The molecule has 0 fully saturated rings. The highest BCUT2D eigenvalue weighted by Gasteiger charge is 2.16. The minimum atomic E-state index is 0.411. The van der Waals surface area contributed by atoms with Crippen molar-refractivity contribution in [1.29, 1.82) is 0 Å². The van der Waals surface area contributed by atoms with Crippen LogP contribution in [0.2, 0.25) is 0 Å². The number of nitrogens with zero attached hydrogens (tertiary/aromatic N) is 3. The highest BCUT2D eigenvalue weighted by Crippen LogP contribution is 2.30. The van der Waals surface area contributed by atoms with Crippen LogP contribution in [0.25, 0.3) is 22.2 Å². The maximum absolute atomic E-state index is 5.56. The van der Waals surface area contributed by atoms with Gasteiger partial charge in [-0.15, -0.1) is 11.3 Å². The fraction of sp³-hybridized carbons (Fsp3) is 0.182. The van der Waals surface area contributed by atoms with Crippen molar-refractivity contribution in [3.8, 4) is 22.2 Å². The minimum Gasteiger partial charge on any atom is -0.472 e. The van der Waals surface area contributed by atoms with Crippen LogP contribution in [-0.4, -0.2) is 15.1 Å². The van der Waals surface area contributed by atoms with E-state index >= 15 is 0 Å². The molecular formula is C11H10N4O2S. The largest absolute Gasteiger partial charge is 0.472 e. The molecule has 0 aliphatic rings. The van der Waals surface area contributed by atoms with Crippen LogP contribution < -0.4 is 5.73 Å². The van der Waals surface area contributed by atoms with Gasteiger partial charge in [0.1, 0.15) is 16.1 Å². The number of furan rings is 1.